The van der Waals surface area contributed by atoms with Gasteiger partial charge in [-0.3, -0.25) is 9.97 Å². The molecule has 2 aromatic heterocycles. The second-order valence-corrected chi connectivity index (χ2v) is 7.26. The molecule has 0 radical (unpaired) electrons. The van der Waals surface area contributed by atoms with Crippen LogP contribution in [0.2, 0.25) is 0 Å². The highest BCUT2D eigenvalue weighted by Crippen LogP contribution is 2.40. The molecule has 0 spiro atoms. The molecule has 3 heterocycles. The summed E-state index contributed by atoms with van der Waals surface area (Å²) in [5, 5.41) is 0.967. The minimum Gasteiger partial charge on any atom is -0.333 e. The van der Waals surface area contributed by atoms with Gasteiger partial charge in [-0.15, -0.1) is 0 Å². The molecule has 5 rings (SSSR count). The fraction of sp³-hybridized carbons (Fsp3) is 0.174. The van der Waals surface area contributed by atoms with Gasteiger partial charge in [0.05, 0.1) is 24.3 Å². The van der Waals surface area contributed by atoms with Gasteiger partial charge >= 0.3 is 6.15 Å². The molecular weight excluding hydrogens is 397 g/mol. The van der Waals surface area contributed by atoms with E-state index in [0.717, 1.165) is 22.0 Å². The molecule has 0 saturated carbocycles. The fourth-order valence-corrected chi connectivity index (χ4v) is 3.63. The Labute approximate surface area is 177 Å². The van der Waals surface area contributed by atoms with Crippen molar-refractivity contribution in [1.29, 1.82) is 0 Å². The Bertz CT molecular complexity index is 1270. The van der Waals surface area contributed by atoms with Gasteiger partial charge in [-0.2, -0.15) is 9.59 Å². The molecule has 31 heavy (non-hydrogen) atoms. The number of hydrogen-bond donors (Lipinski definition) is 0. The van der Waals surface area contributed by atoms with E-state index in [9.17, 15) is 0 Å². The normalized spacial score (nSPS) is 14.2. The highest BCUT2D eigenvalue weighted by Gasteiger charge is 2.49. The maximum absolute atomic E-state index is 15.7. The van der Waals surface area contributed by atoms with Crippen LogP contribution in [0.1, 0.15) is 11.3 Å². The minimum atomic E-state index is -1.58. The van der Waals surface area contributed by atoms with Crippen LogP contribution in [-0.2, 0) is 15.3 Å². The van der Waals surface area contributed by atoms with Crippen LogP contribution in [0.25, 0.3) is 22.2 Å². The van der Waals surface area contributed by atoms with Gasteiger partial charge in [0.2, 0.25) is 5.95 Å². The Balaban J connectivity index is 0.000000730. The second-order valence-electron chi connectivity index (χ2n) is 7.26. The van der Waals surface area contributed by atoms with Crippen molar-refractivity contribution in [2.24, 2.45) is 0 Å². The smallest absolute Gasteiger partial charge is 0.333 e. The number of rotatable bonds is 3. The molecule has 1 aliphatic heterocycles. The Kier molecular flexibility index (Phi) is 5.47. The summed E-state index contributed by atoms with van der Waals surface area (Å²) >= 11 is 0. The third-order valence-electron chi connectivity index (χ3n) is 5.06. The van der Waals surface area contributed by atoms with Crippen molar-refractivity contribution < 1.29 is 14.0 Å². The molecule has 2 aromatic carbocycles. The molecule has 0 aliphatic carbocycles. The van der Waals surface area contributed by atoms with Crippen LogP contribution in [0.3, 0.4) is 0 Å². The van der Waals surface area contributed by atoms with Crippen molar-refractivity contribution in [3.63, 3.8) is 0 Å². The van der Waals surface area contributed by atoms with Crippen LogP contribution in [0.5, 0.6) is 0 Å². The SMILES string of the molecule is Cc1cccc(-c2nccnc2C2(F)CN(c3ncc4ccccc4n3)C2)c1.O=C=O. The van der Waals surface area contributed by atoms with E-state index in [2.05, 4.69) is 19.9 Å². The molecule has 8 heteroatoms. The number of anilines is 1. The fourth-order valence-electron chi connectivity index (χ4n) is 3.63. The first-order chi connectivity index (χ1) is 15.0. The van der Waals surface area contributed by atoms with E-state index in [1.54, 1.807) is 18.6 Å². The highest BCUT2D eigenvalue weighted by atomic mass is 19.1. The number of nitrogens with zero attached hydrogens (tertiary/aromatic N) is 5. The number of carbonyl (C=O) groups excluding carboxylic acids is 2. The number of para-hydroxylation sites is 1. The molecule has 7 nitrogen and oxygen atoms in total. The van der Waals surface area contributed by atoms with Crippen molar-refractivity contribution in [2.45, 2.75) is 12.6 Å². The van der Waals surface area contributed by atoms with E-state index in [-0.39, 0.29) is 19.2 Å². The Morgan fingerprint density at radius 3 is 2.52 bits per heavy atom. The van der Waals surface area contributed by atoms with Crippen molar-refractivity contribution >= 4 is 23.0 Å². The molecule has 154 valence electrons. The number of halogens is 1. The van der Waals surface area contributed by atoms with Crippen LogP contribution in [0, 0.1) is 6.92 Å². The maximum Gasteiger partial charge on any atom is 0.373 e. The molecule has 0 N–H and O–H groups in total. The maximum atomic E-state index is 15.7. The summed E-state index contributed by atoms with van der Waals surface area (Å²) in [4.78, 5) is 35.8. The highest BCUT2D eigenvalue weighted by molar-refractivity contribution is 5.78. The quantitative estimate of drug-likeness (QED) is 0.506. The lowest BCUT2D eigenvalue weighted by Gasteiger charge is -2.44. The molecule has 1 aliphatic rings. The topological polar surface area (TPSA) is 88.9 Å². The summed E-state index contributed by atoms with van der Waals surface area (Å²) in [5.41, 5.74) is 2.21. The van der Waals surface area contributed by atoms with E-state index in [4.69, 9.17) is 9.59 Å². The number of aryl methyl sites for hydroxylation is 1. The molecule has 0 bridgehead atoms. The van der Waals surface area contributed by atoms with Gasteiger partial charge in [-0.05, 0) is 19.1 Å². The Morgan fingerprint density at radius 1 is 1.00 bits per heavy atom. The largest absolute Gasteiger partial charge is 0.373 e. The Hall–Kier alpha value is -4.03. The summed E-state index contributed by atoms with van der Waals surface area (Å²) in [6.45, 7) is 2.32. The Morgan fingerprint density at radius 2 is 1.74 bits per heavy atom. The standard InChI is InChI=1S/C22H18FN5.CO2/c1-15-5-4-7-16(11-15)19-20(25-10-9-24-19)22(23)13-28(14-22)21-26-12-17-6-2-3-8-18(17)27-21;2-1-3/h2-12H,13-14H2,1H3;. The molecular formula is C23H18FN5O2. The summed E-state index contributed by atoms with van der Waals surface area (Å²) < 4.78 is 15.7. The summed E-state index contributed by atoms with van der Waals surface area (Å²) in [6, 6.07) is 15.7. The van der Waals surface area contributed by atoms with Gasteiger partial charge in [-0.25, -0.2) is 14.4 Å². The average Bonchev–Trinajstić information content (AvgIpc) is 2.77. The van der Waals surface area contributed by atoms with Crippen LogP contribution >= 0.6 is 0 Å². The molecule has 0 unspecified atom stereocenters. The zero-order valence-corrected chi connectivity index (χ0v) is 16.7. The number of benzene rings is 2. The number of alkyl halides is 1. The van der Waals surface area contributed by atoms with Gasteiger partial charge in [0, 0.05) is 29.5 Å². The number of fused-ring (bicyclic) bond motifs is 1. The predicted octanol–water partition coefficient (Wildman–Crippen LogP) is 3.50. The van der Waals surface area contributed by atoms with Crippen molar-refractivity contribution in [1.82, 2.24) is 19.9 Å². The lowest BCUT2D eigenvalue weighted by molar-refractivity contribution is -0.191. The van der Waals surface area contributed by atoms with Gasteiger partial charge in [-0.1, -0.05) is 42.0 Å². The van der Waals surface area contributed by atoms with Crippen LogP contribution in [0.15, 0.2) is 67.1 Å². The summed E-state index contributed by atoms with van der Waals surface area (Å²) in [7, 11) is 0. The first-order valence-corrected chi connectivity index (χ1v) is 9.57. The molecule has 0 amide bonds. The van der Waals surface area contributed by atoms with E-state index in [1.807, 2.05) is 60.4 Å². The van der Waals surface area contributed by atoms with Crippen molar-refractivity contribution in [2.75, 3.05) is 18.0 Å². The first kappa shape index (κ1) is 20.3. The molecule has 0 atom stereocenters. The lowest BCUT2D eigenvalue weighted by atomic mass is 9.89. The van der Waals surface area contributed by atoms with E-state index < -0.39 is 5.67 Å². The molecule has 4 aromatic rings. The average molecular weight is 415 g/mol. The second kappa shape index (κ2) is 8.38. The van der Waals surface area contributed by atoms with E-state index in [0.29, 0.717) is 17.3 Å². The van der Waals surface area contributed by atoms with Crippen LogP contribution in [0.4, 0.5) is 10.3 Å². The zero-order chi connectivity index (χ0) is 21.8. The zero-order valence-electron chi connectivity index (χ0n) is 16.7. The summed E-state index contributed by atoms with van der Waals surface area (Å²) in [5.74, 6) is 0.535. The molecule has 1 fully saturated rings. The monoisotopic (exact) mass is 415 g/mol. The third-order valence-corrected chi connectivity index (χ3v) is 5.06. The van der Waals surface area contributed by atoms with Gasteiger partial charge in [0.1, 0.15) is 5.69 Å². The number of aromatic nitrogens is 4. The minimum absolute atomic E-state index is 0.156. The first-order valence-electron chi connectivity index (χ1n) is 9.57. The van der Waals surface area contributed by atoms with E-state index >= 15 is 4.39 Å². The van der Waals surface area contributed by atoms with Gasteiger partial charge < -0.3 is 4.90 Å². The molecule has 1 saturated heterocycles. The van der Waals surface area contributed by atoms with E-state index in [1.165, 1.54) is 0 Å². The van der Waals surface area contributed by atoms with Crippen LogP contribution in [-0.4, -0.2) is 39.2 Å². The number of hydrogen-bond acceptors (Lipinski definition) is 7. The van der Waals surface area contributed by atoms with Gasteiger partial charge in [0.25, 0.3) is 0 Å². The predicted molar refractivity (Wildman–Crippen MR) is 112 cm³/mol. The third kappa shape index (κ3) is 4.01. The van der Waals surface area contributed by atoms with Crippen molar-refractivity contribution in [3.05, 3.63) is 78.4 Å². The van der Waals surface area contributed by atoms with Crippen molar-refractivity contribution in [3.8, 4) is 11.3 Å². The lowest BCUT2D eigenvalue weighted by Crippen LogP contribution is -2.58. The van der Waals surface area contributed by atoms with Gasteiger partial charge in [0.15, 0.2) is 5.67 Å². The van der Waals surface area contributed by atoms with Crippen LogP contribution < -0.4 is 4.90 Å². The summed E-state index contributed by atoms with van der Waals surface area (Å²) in [6.07, 6.45) is 5.18.